The monoisotopic (exact) mass is 393 g/mol. The highest BCUT2D eigenvalue weighted by Crippen LogP contribution is 2.39. The molecule has 1 N–H and O–H groups in total. The number of aromatic amines is 1. The van der Waals surface area contributed by atoms with E-state index in [1.165, 1.54) is 24.9 Å². The second kappa shape index (κ2) is 7.60. The molecule has 0 aliphatic carbocycles. The van der Waals surface area contributed by atoms with Crippen molar-refractivity contribution >= 4 is 40.2 Å². The predicted molar refractivity (Wildman–Crippen MR) is 101 cm³/mol. The predicted octanol–water partition coefficient (Wildman–Crippen LogP) is 5.61. The Morgan fingerprint density at radius 3 is 2.77 bits per heavy atom. The number of carbonyl (C=O) groups excluding carboxylic acids is 1. The first-order chi connectivity index (χ1) is 12.5. The molecule has 136 valence electrons. The molecule has 7 heteroatoms. The third-order valence-electron chi connectivity index (χ3n) is 3.88. The Labute approximate surface area is 159 Å². The summed E-state index contributed by atoms with van der Waals surface area (Å²) in [4.78, 5) is 16.9. The van der Waals surface area contributed by atoms with Crippen molar-refractivity contribution in [2.24, 2.45) is 0 Å². The third kappa shape index (κ3) is 3.39. The first kappa shape index (κ1) is 18.6. The van der Waals surface area contributed by atoms with Crippen molar-refractivity contribution in [1.29, 1.82) is 0 Å². The van der Waals surface area contributed by atoms with Crippen molar-refractivity contribution < 1.29 is 18.7 Å². The van der Waals surface area contributed by atoms with Gasteiger partial charge < -0.3 is 14.5 Å². The van der Waals surface area contributed by atoms with Crippen LogP contribution in [0.4, 0.5) is 4.39 Å². The van der Waals surface area contributed by atoms with Crippen LogP contribution in [0, 0.1) is 12.7 Å². The van der Waals surface area contributed by atoms with Crippen LogP contribution in [0.2, 0.25) is 5.02 Å². The number of carbonyl (C=O) groups is 1. The summed E-state index contributed by atoms with van der Waals surface area (Å²) in [5.41, 5.74) is 1.54. The van der Waals surface area contributed by atoms with E-state index >= 15 is 0 Å². The van der Waals surface area contributed by atoms with E-state index in [9.17, 15) is 9.18 Å². The average Bonchev–Trinajstić information content (AvgIpc) is 2.95. The van der Waals surface area contributed by atoms with Gasteiger partial charge in [-0.15, -0.1) is 0 Å². The minimum absolute atomic E-state index is 0.0735. The van der Waals surface area contributed by atoms with Gasteiger partial charge in [0.05, 0.1) is 24.3 Å². The molecular weight excluding hydrogens is 377 g/mol. The average molecular weight is 394 g/mol. The van der Waals surface area contributed by atoms with E-state index in [0.717, 1.165) is 20.9 Å². The molecule has 0 amide bonds. The van der Waals surface area contributed by atoms with Gasteiger partial charge in [0.15, 0.2) is 5.82 Å². The molecule has 0 spiro atoms. The number of fused-ring (bicyclic) bond motifs is 1. The summed E-state index contributed by atoms with van der Waals surface area (Å²) >= 11 is 7.29. The minimum Gasteiger partial charge on any atom is -0.496 e. The largest absolute Gasteiger partial charge is 0.496 e. The zero-order chi connectivity index (χ0) is 18.8. The summed E-state index contributed by atoms with van der Waals surface area (Å²) in [6, 6.07) is 8.59. The molecule has 0 unspecified atom stereocenters. The van der Waals surface area contributed by atoms with Crippen LogP contribution in [0.5, 0.6) is 5.75 Å². The van der Waals surface area contributed by atoms with Gasteiger partial charge in [-0.1, -0.05) is 23.4 Å². The number of hydrogen-bond donors (Lipinski definition) is 1. The second-order valence-electron chi connectivity index (χ2n) is 5.55. The van der Waals surface area contributed by atoms with Crippen LogP contribution in [0.25, 0.3) is 10.9 Å². The van der Waals surface area contributed by atoms with Crippen molar-refractivity contribution in [3.63, 3.8) is 0 Å². The van der Waals surface area contributed by atoms with E-state index in [-0.39, 0.29) is 11.6 Å². The molecule has 0 bridgehead atoms. The molecule has 1 heterocycles. The van der Waals surface area contributed by atoms with Crippen LogP contribution in [0.1, 0.15) is 23.0 Å². The number of hydrogen-bond acceptors (Lipinski definition) is 4. The van der Waals surface area contributed by atoms with Gasteiger partial charge in [0, 0.05) is 20.9 Å². The van der Waals surface area contributed by atoms with Crippen LogP contribution in [0.3, 0.4) is 0 Å². The first-order valence-electron chi connectivity index (χ1n) is 7.95. The van der Waals surface area contributed by atoms with Crippen LogP contribution in [-0.2, 0) is 4.74 Å². The normalized spacial score (nSPS) is 11.0. The minimum atomic E-state index is -0.471. The summed E-state index contributed by atoms with van der Waals surface area (Å²) in [5, 5.41) is 0.812. The fraction of sp³-hybridized carbons (Fsp3) is 0.211. The fourth-order valence-electron chi connectivity index (χ4n) is 2.68. The number of methoxy groups -OCH3 is 1. The van der Waals surface area contributed by atoms with Crippen molar-refractivity contribution in [3.05, 3.63) is 52.4 Å². The van der Waals surface area contributed by atoms with Crippen molar-refractivity contribution in [1.82, 2.24) is 4.98 Å². The zero-order valence-electron chi connectivity index (χ0n) is 14.5. The lowest BCUT2D eigenvalue weighted by atomic mass is 10.2. The fourth-order valence-corrected chi connectivity index (χ4v) is 3.87. The maximum absolute atomic E-state index is 14.2. The molecule has 26 heavy (non-hydrogen) atoms. The van der Waals surface area contributed by atoms with Crippen molar-refractivity contribution in [2.75, 3.05) is 13.7 Å². The molecule has 0 aliphatic heterocycles. The third-order valence-corrected chi connectivity index (χ3v) is 5.39. The quantitative estimate of drug-likeness (QED) is 0.573. The Bertz CT molecular complexity index is 987. The van der Waals surface area contributed by atoms with Crippen LogP contribution < -0.4 is 4.74 Å². The van der Waals surface area contributed by atoms with Crippen molar-refractivity contribution in [3.8, 4) is 5.75 Å². The number of aryl methyl sites for hydroxylation is 1. The molecule has 3 rings (SSSR count). The Morgan fingerprint density at radius 2 is 2.08 bits per heavy atom. The highest BCUT2D eigenvalue weighted by atomic mass is 35.5. The van der Waals surface area contributed by atoms with Crippen LogP contribution >= 0.6 is 23.4 Å². The molecule has 0 saturated carbocycles. The number of benzene rings is 2. The molecular formula is C19H17ClFNO3S. The maximum Gasteiger partial charge on any atom is 0.341 e. The first-order valence-corrected chi connectivity index (χ1v) is 9.15. The molecule has 0 saturated heterocycles. The Morgan fingerprint density at radius 1 is 1.31 bits per heavy atom. The summed E-state index contributed by atoms with van der Waals surface area (Å²) in [6.07, 6.45) is 0. The van der Waals surface area contributed by atoms with E-state index in [2.05, 4.69) is 4.98 Å². The van der Waals surface area contributed by atoms with E-state index in [1.54, 1.807) is 25.1 Å². The zero-order valence-corrected chi connectivity index (χ0v) is 16.1. The number of H-pyrrole nitrogens is 1. The molecule has 0 fully saturated rings. The lowest BCUT2D eigenvalue weighted by Gasteiger charge is -2.10. The highest BCUT2D eigenvalue weighted by Gasteiger charge is 2.18. The van der Waals surface area contributed by atoms with Gasteiger partial charge in [-0.05, 0) is 44.2 Å². The van der Waals surface area contributed by atoms with Gasteiger partial charge in [0.1, 0.15) is 11.3 Å². The molecule has 4 nitrogen and oxygen atoms in total. The Kier molecular flexibility index (Phi) is 5.44. The molecule has 1 aromatic heterocycles. The maximum atomic E-state index is 14.2. The standard InChI is InChI=1S/C19H17ClFNO3S/c1-4-25-19(23)13-9-11(5-8-15(13)24-3)26-18-10(2)22-17-12(18)6-7-14(20)16(17)21/h5-9,22H,4H2,1-3H3. The topological polar surface area (TPSA) is 51.3 Å². The van der Waals surface area contributed by atoms with E-state index in [0.29, 0.717) is 16.8 Å². The molecule has 0 aliphatic rings. The highest BCUT2D eigenvalue weighted by molar-refractivity contribution is 7.99. The van der Waals surface area contributed by atoms with Crippen molar-refractivity contribution in [2.45, 2.75) is 23.6 Å². The summed E-state index contributed by atoms with van der Waals surface area (Å²) in [7, 11) is 1.50. The molecule has 3 aromatic rings. The number of esters is 1. The van der Waals surface area contributed by atoms with Gasteiger partial charge in [0.25, 0.3) is 0 Å². The summed E-state index contributed by atoms with van der Waals surface area (Å²) in [6.45, 7) is 3.89. The van der Waals surface area contributed by atoms with Gasteiger partial charge >= 0.3 is 5.97 Å². The second-order valence-corrected chi connectivity index (χ2v) is 7.04. The molecule has 2 aromatic carbocycles. The number of halogens is 2. The van der Waals surface area contributed by atoms with Crippen LogP contribution in [-0.4, -0.2) is 24.7 Å². The number of rotatable bonds is 5. The molecule has 0 atom stereocenters. The van der Waals surface area contributed by atoms with Gasteiger partial charge in [-0.25, -0.2) is 9.18 Å². The van der Waals surface area contributed by atoms with E-state index in [4.69, 9.17) is 21.1 Å². The number of nitrogens with one attached hydrogen (secondary N) is 1. The Hall–Kier alpha value is -2.18. The lowest BCUT2D eigenvalue weighted by Crippen LogP contribution is -2.06. The summed E-state index contributed by atoms with van der Waals surface area (Å²) < 4.78 is 24.6. The number of ether oxygens (including phenoxy) is 2. The van der Waals surface area contributed by atoms with Gasteiger partial charge in [0.2, 0.25) is 0 Å². The Balaban J connectivity index is 2.03. The van der Waals surface area contributed by atoms with E-state index in [1.807, 2.05) is 13.0 Å². The lowest BCUT2D eigenvalue weighted by molar-refractivity contribution is 0.0522. The molecule has 0 radical (unpaired) electrons. The SMILES string of the molecule is CCOC(=O)c1cc(Sc2c(C)[nH]c3c(F)c(Cl)ccc23)ccc1OC. The van der Waals surface area contributed by atoms with Gasteiger partial charge in [-0.2, -0.15) is 0 Å². The van der Waals surface area contributed by atoms with Gasteiger partial charge in [-0.3, -0.25) is 0 Å². The smallest absolute Gasteiger partial charge is 0.341 e. The van der Waals surface area contributed by atoms with E-state index < -0.39 is 11.8 Å². The van der Waals surface area contributed by atoms with Crippen LogP contribution in [0.15, 0.2) is 40.1 Å². The number of aromatic nitrogens is 1. The summed E-state index contributed by atoms with van der Waals surface area (Å²) in [5.74, 6) is -0.470.